The molecule has 5 rings (SSSR count). The lowest BCUT2D eigenvalue weighted by Gasteiger charge is -2.36. The second-order valence-electron chi connectivity index (χ2n) is 8.43. The molecule has 2 amide bonds. The van der Waals surface area contributed by atoms with Crippen LogP contribution >= 0.6 is 23.4 Å². The monoisotopic (exact) mass is 507 g/mol. The van der Waals surface area contributed by atoms with Crippen LogP contribution in [0.15, 0.2) is 76.5 Å². The molecule has 2 aliphatic heterocycles. The van der Waals surface area contributed by atoms with E-state index in [0.29, 0.717) is 47.4 Å². The number of likely N-dealkylation sites (N-methyl/N-ethyl adjacent to an activating group) is 1. The van der Waals surface area contributed by atoms with Crippen molar-refractivity contribution < 1.29 is 14.0 Å². The van der Waals surface area contributed by atoms with Gasteiger partial charge < -0.3 is 14.7 Å². The maximum absolute atomic E-state index is 13.2. The normalized spacial score (nSPS) is 17.1. The van der Waals surface area contributed by atoms with Crippen LogP contribution in [0.2, 0.25) is 5.02 Å². The first-order valence-corrected chi connectivity index (χ1v) is 12.5. The largest absolute Gasteiger partial charge is 0.368 e. The maximum Gasteiger partial charge on any atom is 0.264 e. The van der Waals surface area contributed by atoms with Crippen LogP contribution in [0.1, 0.15) is 15.9 Å². The van der Waals surface area contributed by atoms with E-state index in [9.17, 15) is 14.0 Å². The molecule has 0 saturated carbocycles. The smallest absolute Gasteiger partial charge is 0.264 e. The van der Waals surface area contributed by atoms with E-state index in [-0.39, 0.29) is 17.6 Å². The first kappa shape index (κ1) is 23.5. The lowest BCUT2D eigenvalue weighted by atomic mass is 10.1. The summed E-state index contributed by atoms with van der Waals surface area (Å²) in [4.78, 5) is 33.3. The third-order valence-corrected chi connectivity index (χ3v) is 7.67. The molecule has 2 aliphatic rings. The molecule has 3 aromatic carbocycles. The second-order valence-corrected chi connectivity index (χ2v) is 9.93. The Morgan fingerprint density at radius 1 is 1.00 bits per heavy atom. The van der Waals surface area contributed by atoms with Gasteiger partial charge in [-0.25, -0.2) is 4.39 Å². The summed E-state index contributed by atoms with van der Waals surface area (Å²) in [6.07, 6.45) is 1.80. The minimum absolute atomic E-state index is 0.0604. The standard InChI is InChI=1S/C27H23ClFN3O2S/c1-30-23-16-19(26(33)32-14-12-31(13-15-32)21-9-7-20(29)8-10-21)6-11-24(23)35-25(27(30)34)17-18-4-2-3-5-22(18)28/h2-11,16-17H,12-15H2,1H3. The summed E-state index contributed by atoms with van der Waals surface area (Å²) in [7, 11) is 1.72. The highest BCUT2D eigenvalue weighted by Crippen LogP contribution is 2.42. The van der Waals surface area contributed by atoms with Crippen molar-refractivity contribution in [1.29, 1.82) is 0 Å². The number of halogens is 2. The van der Waals surface area contributed by atoms with E-state index in [4.69, 9.17) is 11.6 Å². The van der Waals surface area contributed by atoms with E-state index in [0.717, 1.165) is 16.1 Å². The lowest BCUT2D eigenvalue weighted by molar-refractivity contribution is -0.114. The molecule has 0 unspecified atom stereocenters. The molecule has 3 aromatic rings. The molecule has 0 aromatic heterocycles. The van der Waals surface area contributed by atoms with Crippen molar-refractivity contribution in [2.45, 2.75) is 4.90 Å². The van der Waals surface area contributed by atoms with Gasteiger partial charge in [0.05, 0.1) is 10.6 Å². The fraction of sp³-hybridized carbons (Fsp3) is 0.185. The number of rotatable bonds is 3. The summed E-state index contributed by atoms with van der Waals surface area (Å²) >= 11 is 7.65. The predicted octanol–water partition coefficient (Wildman–Crippen LogP) is 5.55. The van der Waals surface area contributed by atoms with E-state index < -0.39 is 0 Å². The Morgan fingerprint density at radius 3 is 2.43 bits per heavy atom. The van der Waals surface area contributed by atoms with Crippen LogP contribution in [-0.4, -0.2) is 49.9 Å². The zero-order chi connectivity index (χ0) is 24.5. The summed E-state index contributed by atoms with van der Waals surface area (Å²) in [5.41, 5.74) is 3.00. The van der Waals surface area contributed by atoms with Crippen molar-refractivity contribution in [2.75, 3.05) is 43.0 Å². The summed E-state index contributed by atoms with van der Waals surface area (Å²) < 4.78 is 13.2. The molecule has 0 N–H and O–H groups in total. The van der Waals surface area contributed by atoms with Crippen LogP contribution in [-0.2, 0) is 4.79 Å². The van der Waals surface area contributed by atoms with Gasteiger partial charge in [-0.1, -0.05) is 41.6 Å². The number of hydrogen-bond donors (Lipinski definition) is 0. The van der Waals surface area contributed by atoms with Crippen molar-refractivity contribution in [2.24, 2.45) is 0 Å². The average Bonchev–Trinajstić information content (AvgIpc) is 2.88. The van der Waals surface area contributed by atoms with Gasteiger partial charge in [0.15, 0.2) is 0 Å². The summed E-state index contributed by atoms with van der Waals surface area (Å²) in [6.45, 7) is 2.49. The first-order chi connectivity index (χ1) is 16.9. The summed E-state index contributed by atoms with van der Waals surface area (Å²) in [5, 5.41) is 0.585. The average molecular weight is 508 g/mol. The molecule has 0 bridgehead atoms. The number of carbonyl (C=O) groups excluding carboxylic acids is 2. The van der Waals surface area contributed by atoms with Gasteiger partial charge in [-0.2, -0.15) is 0 Å². The highest BCUT2D eigenvalue weighted by Gasteiger charge is 2.29. The number of hydrogen-bond acceptors (Lipinski definition) is 4. The number of nitrogens with zero attached hydrogens (tertiary/aromatic N) is 3. The predicted molar refractivity (Wildman–Crippen MR) is 140 cm³/mol. The third-order valence-electron chi connectivity index (χ3n) is 6.25. The van der Waals surface area contributed by atoms with Crippen molar-refractivity contribution in [3.63, 3.8) is 0 Å². The number of benzene rings is 3. The Labute approximate surface area is 212 Å². The number of carbonyl (C=O) groups is 2. The Hall–Kier alpha value is -3.29. The molecule has 0 radical (unpaired) electrons. The van der Waals surface area contributed by atoms with Gasteiger partial charge in [0.2, 0.25) is 0 Å². The Kier molecular flexibility index (Phi) is 6.54. The number of piperazine rings is 1. The number of fused-ring (bicyclic) bond motifs is 1. The van der Waals surface area contributed by atoms with E-state index >= 15 is 0 Å². The quantitative estimate of drug-likeness (QED) is 0.436. The summed E-state index contributed by atoms with van der Waals surface area (Å²) in [6, 6.07) is 19.3. The van der Waals surface area contributed by atoms with Gasteiger partial charge in [0.1, 0.15) is 5.82 Å². The van der Waals surface area contributed by atoms with Crippen LogP contribution < -0.4 is 9.80 Å². The number of thioether (sulfide) groups is 1. The molecule has 2 heterocycles. The molecular formula is C27H23ClFN3O2S. The molecule has 1 fully saturated rings. The van der Waals surface area contributed by atoms with Crippen molar-refractivity contribution in [3.8, 4) is 0 Å². The van der Waals surface area contributed by atoms with Crippen molar-refractivity contribution in [1.82, 2.24) is 4.90 Å². The molecular weight excluding hydrogens is 485 g/mol. The molecule has 0 atom stereocenters. The van der Waals surface area contributed by atoms with E-state index in [1.54, 1.807) is 42.3 Å². The summed E-state index contributed by atoms with van der Waals surface area (Å²) in [5.74, 6) is -0.460. The fourth-order valence-corrected chi connectivity index (χ4v) is 5.54. The van der Waals surface area contributed by atoms with E-state index in [2.05, 4.69) is 4.90 Å². The number of anilines is 2. The van der Waals surface area contributed by atoms with E-state index in [1.165, 1.54) is 23.9 Å². The molecule has 1 saturated heterocycles. The van der Waals surface area contributed by atoms with Crippen molar-refractivity contribution in [3.05, 3.63) is 93.6 Å². The van der Waals surface area contributed by atoms with Crippen LogP contribution in [0.5, 0.6) is 0 Å². The zero-order valence-corrected chi connectivity index (χ0v) is 20.7. The maximum atomic E-state index is 13.2. The van der Waals surface area contributed by atoms with Crippen LogP contribution in [0, 0.1) is 5.82 Å². The van der Waals surface area contributed by atoms with Gasteiger partial charge in [-0.3, -0.25) is 9.59 Å². The Bertz CT molecular complexity index is 1320. The van der Waals surface area contributed by atoms with Gasteiger partial charge in [0.25, 0.3) is 11.8 Å². The lowest BCUT2D eigenvalue weighted by Crippen LogP contribution is -2.48. The Balaban J connectivity index is 1.31. The minimum atomic E-state index is -0.261. The molecule has 0 spiro atoms. The molecule has 178 valence electrons. The zero-order valence-electron chi connectivity index (χ0n) is 19.1. The van der Waals surface area contributed by atoms with Gasteiger partial charge in [-0.15, -0.1) is 0 Å². The third kappa shape index (κ3) is 4.79. The molecule has 5 nitrogen and oxygen atoms in total. The van der Waals surface area contributed by atoms with Gasteiger partial charge in [-0.05, 0) is 60.2 Å². The molecule has 0 aliphatic carbocycles. The second kappa shape index (κ2) is 9.76. The van der Waals surface area contributed by atoms with Crippen LogP contribution in [0.25, 0.3) is 6.08 Å². The molecule has 8 heteroatoms. The van der Waals surface area contributed by atoms with Crippen LogP contribution in [0.3, 0.4) is 0 Å². The topological polar surface area (TPSA) is 43.9 Å². The highest BCUT2D eigenvalue weighted by molar-refractivity contribution is 8.04. The van der Waals surface area contributed by atoms with Crippen LogP contribution in [0.4, 0.5) is 15.8 Å². The minimum Gasteiger partial charge on any atom is -0.368 e. The van der Waals surface area contributed by atoms with Gasteiger partial charge >= 0.3 is 0 Å². The SMILES string of the molecule is CN1C(=O)C(=Cc2ccccc2Cl)Sc2ccc(C(=O)N3CCN(c4ccc(F)cc4)CC3)cc21. The molecule has 35 heavy (non-hydrogen) atoms. The van der Waals surface area contributed by atoms with E-state index in [1.807, 2.05) is 35.2 Å². The fourth-order valence-electron chi connectivity index (χ4n) is 4.26. The highest BCUT2D eigenvalue weighted by atomic mass is 35.5. The first-order valence-electron chi connectivity index (χ1n) is 11.3. The Morgan fingerprint density at radius 2 is 1.71 bits per heavy atom. The number of amides is 2. The van der Waals surface area contributed by atoms with Gasteiger partial charge in [0, 0.05) is 54.4 Å². The van der Waals surface area contributed by atoms with Crippen molar-refractivity contribution >= 4 is 52.6 Å².